The highest BCUT2D eigenvalue weighted by Crippen LogP contribution is 2.33. The third-order valence-corrected chi connectivity index (χ3v) is 7.36. The van der Waals surface area contributed by atoms with E-state index in [0.717, 1.165) is 22.6 Å². The summed E-state index contributed by atoms with van der Waals surface area (Å²) in [7, 11) is 1.60. The van der Waals surface area contributed by atoms with Crippen LogP contribution in [0, 0.1) is 0 Å². The van der Waals surface area contributed by atoms with Crippen molar-refractivity contribution in [2.75, 3.05) is 19.0 Å². The number of hydrogen-bond acceptors (Lipinski definition) is 7. The number of thioether (sulfide) groups is 1. The van der Waals surface area contributed by atoms with Crippen LogP contribution in [0.15, 0.2) is 65.7 Å². The zero-order chi connectivity index (χ0) is 23.9. The Morgan fingerprint density at radius 1 is 1.21 bits per heavy atom. The lowest BCUT2D eigenvalue weighted by Crippen LogP contribution is -2.29. The first-order chi connectivity index (χ1) is 16.5. The molecule has 0 bridgehead atoms. The van der Waals surface area contributed by atoms with E-state index in [-0.39, 0.29) is 18.2 Å². The third kappa shape index (κ3) is 6.31. The van der Waals surface area contributed by atoms with Gasteiger partial charge in [-0.15, -0.1) is 11.3 Å². The summed E-state index contributed by atoms with van der Waals surface area (Å²) in [6.07, 6.45) is 5.17. The van der Waals surface area contributed by atoms with E-state index in [9.17, 15) is 9.59 Å². The predicted molar refractivity (Wildman–Crippen MR) is 142 cm³/mol. The molecule has 34 heavy (non-hydrogen) atoms. The summed E-state index contributed by atoms with van der Waals surface area (Å²) < 4.78 is 5.74. The van der Waals surface area contributed by atoms with Crippen molar-refractivity contribution < 1.29 is 14.3 Å². The molecule has 9 heteroatoms. The lowest BCUT2D eigenvalue weighted by atomic mass is 10.1. The lowest BCUT2D eigenvalue weighted by molar-refractivity contribution is -0.122. The van der Waals surface area contributed by atoms with Crippen molar-refractivity contribution >= 4 is 62.7 Å². The minimum Gasteiger partial charge on any atom is -0.497 e. The van der Waals surface area contributed by atoms with Crippen molar-refractivity contribution in [3.63, 3.8) is 0 Å². The van der Waals surface area contributed by atoms with E-state index in [1.165, 1.54) is 28.7 Å². The van der Waals surface area contributed by atoms with Crippen LogP contribution in [0.1, 0.15) is 28.8 Å². The topological polar surface area (TPSA) is 71.5 Å². The van der Waals surface area contributed by atoms with E-state index >= 15 is 0 Å². The number of hydrogen-bond donors (Lipinski definition) is 1. The van der Waals surface area contributed by atoms with Gasteiger partial charge in [0.2, 0.25) is 5.91 Å². The molecule has 0 saturated carbocycles. The Morgan fingerprint density at radius 3 is 2.82 bits per heavy atom. The van der Waals surface area contributed by atoms with Gasteiger partial charge in [0.05, 0.1) is 12.0 Å². The molecule has 0 unspecified atom stereocenters. The second kappa shape index (κ2) is 11.4. The summed E-state index contributed by atoms with van der Waals surface area (Å²) in [5.74, 6) is 0.462. The summed E-state index contributed by atoms with van der Waals surface area (Å²) in [5.41, 5.74) is 2.07. The molecule has 4 rings (SSSR count). The Kier molecular flexibility index (Phi) is 8.10. The number of ether oxygens (including phenoxy) is 1. The summed E-state index contributed by atoms with van der Waals surface area (Å²) in [5, 5.41) is 3.44. The molecule has 1 saturated heterocycles. The minimum atomic E-state index is -0.135. The number of benzene rings is 2. The van der Waals surface area contributed by atoms with E-state index in [1.807, 2.05) is 48.5 Å². The summed E-state index contributed by atoms with van der Waals surface area (Å²) in [4.78, 5) is 32.7. The Morgan fingerprint density at radius 2 is 2.03 bits per heavy atom. The number of anilines is 1. The third-order valence-electron chi connectivity index (χ3n) is 5.07. The van der Waals surface area contributed by atoms with Crippen LogP contribution in [-0.2, 0) is 16.0 Å². The van der Waals surface area contributed by atoms with Gasteiger partial charge in [0.15, 0.2) is 5.13 Å². The van der Waals surface area contributed by atoms with Crippen molar-refractivity contribution in [3.05, 3.63) is 81.7 Å². The van der Waals surface area contributed by atoms with Crippen molar-refractivity contribution in [2.24, 2.45) is 0 Å². The maximum absolute atomic E-state index is 12.8. The molecule has 174 valence electrons. The zero-order valence-corrected chi connectivity index (χ0v) is 21.0. The maximum Gasteiger partial charge on any atom is 0.266 e. The molecular weight excluding hydrogens is 486 g/mol. The van der Waals surface area contributed by atoms with E-state index in [0.29, 0.717) is 27.3 Å². The number of aromatic nitrogens is 1. The first kappa shape index (κ1) is 24.1. The van der Waals surface area contributed by atoms with Gasteiger partial charge in [-0.25, -0.2) is 4.98 Å². The first-order valence-corrected chi connectivity index (χ1v) is 12.7. The van der Waals surface area contributed by atoms with Crippen molar-refractivity contribution in [3.8, 4) is 5.75 Å². The fraction of sp³-hybridized carbons (Fsp3) is 0.200. The quantitative estimate of drug-likeness (QED) is 0.309. The number of nitrogens with zero attached hydrogens (tertiary/aromatic N) is 2. The fourth-order valence-electron chi connectivity index (χ4n) is 3.40. The van der Waals surface area contributed by atoms with Gasteiger partial charge in [0, 0.05) is 30.5 Å². The van der Waals surface area contributed by atoms with Gasteiger partial charge in [0.1, 0.15) is 10.1 Å². The monoisotopic (exact) mass is 509 g/mol. The number of amides is 2. The number of rotatable bonds is 9. The minimum absolute atomic E-state index is 0.127. The molecule has 3 aromatic rings. The predicted octanol–water partition coefficient (Wildman–Crippen LogP) is 5.36. The van der Waals surface area contributed by atoms with Gasteiger partial charge in [-0.2, -0.15) is 0 Å². The van der Waals surface area contributed by atoms with Crippen molar-refractivity contribution in [1.82, 2.24) is 9.88 Å². The smallest absolute Gasteiger partial charge is 0.266 e. The Hall–Kier alpha value is -3.01. The maximum atomic E-state index is 12.8. The molecule has 1 aliphatic heterocycles. The second-order valence-corrected chi connectivity index (χ2v) is 10.3. The number of carbonyl (C=O) groups is 2. The summed E-state index contributed by atoms with van der Waals surface area (Å²) in [6, 6.07) is 17.6. The normalized spacial score (nSPS) is 14.6. The van der Waals surface area contributed by atoms with Crippen LogP contribution in [0.25, 0.3) is 6.08 Å². The van der Waals surface area contributed by atoms with Gasteiger partial charge < -0.3 is 10.1 Å². The Labute approximate surface area is 212 Å². The van der Waals surface area contributed by atoms with Gasteiger partial charge in [-0.1, -0.05) is 66.4 Å². The largest absolute Gasteiger partial charge is 0.497 e. The number of thiazole rings is 1. The highest BCUT2D eigenvalue weighted by atomic mass is 32.2. The molecule has 0 aliphatic carbocycles. The van der Waals surface area contributed by atoms with Crippen LogP contribution in [0.4, 0.5) is 5.13 Å². The van der Waals surface area contributed by atoms with Crippen molar-refractivity contribution in [2.45, 2.75) is 19.3 Å². The average Bonchev–Trinajstić information content (AvgIpc) is 3.38. The molecule has 1 fully saturated rings. The lowest BCUT2D eigenvalue weighted by Gasteiger charge is -2.13. The highest BCUT2D eigenvalue weighted by molar-refractivity contribution is 8.26. The number of methoxy groups -OCH3 is 1. The van der Waals surface area contributed by atoms with Crippen LogP contribution in [0.5, 0.6) is 5.75 Å². The van der Waals surface area contributed by atoms with Gasteiger partial charge >= 0.3 is 0 Å². The molecule has 6 nitrogen and oxygen atoms in total. The highest BCUT2D eigenvalue weighted by Gasteiger charge is 2.31. The van der Waals surface area contributed by atoms with Gasteiger partial charge in [0.25, 0.3) is 5.91 Å². The fourth-order valence-corrected chi connectivity index (χ4v) is 5.57. The van der Waals surface area contributed by atoms with E-state index in [4.69, 9.17) is 17.0 Å². The second-order valence-electron chi connectivity index (χ2n) is 7.56. The zero-order valence-electron chi connectivity index (χ0n) is 18.5. The summed E-state index contributed by atoms with van der Waals surface area (Å²) >= 11 is 8.14. The molecule has 2 amide bonds. The first-order valence-electron chi connectivity index (χ1n) is 10.7. The Balaban J connectivity index is 1.26. The van der Waals surface area contributed by atoms with Crippen LogP contribution in [0.2, 0.25) is 0 Å². The Bertz CT molecular complexity index is 1220. The van der Waals surface area contributed by atoms with E-state index in [1.54, 1.807) is 18.2 Å². The van der Waals surface area contributed by atoms with Crippen LogP contribution in [-0.4, -0.2) is 39.7 Å². The molecule has 1 aromatic heterocycles. The molecule has 0 radical (unpaired) electrons. The number of nitrogens with one attached hydrogen (secondary N) is 1. The van der Waals surface area contributed by atoms with Crippen molar-refractivity contribution in [1.29, 1.82) is 0 Å². The average molecular weight is 510 g/mol. The van der Waals surface area contributed by atoms with Crippen LogP contribution in [0.3, 0.4) is 0 Å². The summed E-state index contributed by atoms with van der Waals surface area (Å²) in [6.45, 7) is 0.394. The number of thiocarbonyl (C=S) groups is 1. The molecule has 2 aromatic carbocycles. The van der Waals surface area contributed by atoms with Crippen LogP contribution >= 0.6 is 35.3 Å². The van der Waals surface area contributed by atoms with Gasteiger partial charge in [-0.3, -0.25) is 14.5 Å². The van der Waals surface area contributed by atoms with E-state index < -0.39 is 0 Å². The van der Waals surface area contributed by atoms with Crippen LogP contribution < -0.4 is 10.1 Å². The SMILES string of the molecule is COc1cccc(/C=C2\SC(=S)N(CCCC(=O)Nc3ncc(Cc4ccccc4)s3)C2=O)c1. The molecule has 0 atom stereocenters. The standard InChI is InChI=1S/C25H23N3O3S3/c1-31-19-10-5-9-18(13-19)15-21-23(30)28(25(32)34-21)12-6-11-22(29)27-24-26-16-20(33-24)14-17-7-3-2-4-8-17/h2-5,7-10,13,15-16H,6,11-12,14H2,1H3,(H,26,27,29)/b21-15-. The van der Waals surface area contributed by atoms with Gasteiger partial charge in [-0.05, 0) is 35.8 Å². The number of carbonyl (C=O) groups excluding carboxylic acids is 2. The molecule has 0 spiro atoms. The molecule has 1 N–H and O–H groups in total. The molecule has 1 aliphatic rings. The molecule has 2 heterocycles. The molecular formula is C25H23N3O3S3. The van der Waals surface area contributed by atoms with E-state index in [2.05, 4.69) is 22.4 Å².